The molecule has 0 aliphatic carbocycles. The monoisotopic (exact) mass is 307 g/mol. The molecule has 0 bridgehead atoms. The lowest BCUT2D eigenvalue weighted by Gasteiger charge is -2.35. The standard InChI is InChI=1S/C17H29N3S/c1-12-10-20(11-13(2)21-12)16-8-7-15(14(3)19-16)9-18-17(4,5)6/h7-8,12-13,18H,9-11H2,1-6H3. The van der Waals surface area contributed by atoms with E-state index in [-0.39, 0.29) is 5.54 Å². The molecular weight excluding hydrogens is 278 g/mol. The summed E-state index contributed by atoms with van der Waals surface area (Å²) in [5.74, 6) is 1.13. The van der Waals surface area contributed by atoms with Crippen LogP contribution >= 0.6 is 11.8 Å². The Balaban J connectivity index is 2.08. The van der Waals surface area contributed by atoms with Gasteiger partial charge in [-0.1, -0.05) is 19.9 Å². The van der Waals surface area contributed by atoms with Crippen LogP contribution < -0.4 is 10.2 Å². The molecule has 1 aromatic heterocycles. The molecule has 0 radical (unpaired) electrons. The first-order valence-corrected chi connectivity index (χ1v) is 8.81. The molecule has 0 saturated carbocycles. The third-order valence-electron chi connectivity index (χ3n) is 3.73. The zero-order valence-electron chi connectivity index (χ0n) is 14.2. The second-order valence-corrected chi connectivity index (χ2v) is 9.06. The number of rotatable bonds is 3. The molecule has 2 unspecified atom stereocenters. The molecule has 1 aromatic rings. The maximum atomic E-state index is 4.84. The molecule has 2 atom stereocenters. The topological polar surface area (TPSA) is 28.2 Å². The molecule has 1 aliphatic rings. The van der Waals surface area contributed by atoms with Crippen molar-refractivity contribution in [2.75, 3.05) is 18.0 Å². The first kappa shape index (κ1) is 16.6. The largest absolute Gasteiger partial charge is 0.354 e. The fraction of sp³-hybridized carbons (Fsp3) is 0.706. The van der Waals surface area contributed by atoms with Gasteiger partial charge < -0.3 is 10.2 Å². The molecule has 1 saturated heterocycles. The van der Waals surface area contributed by atoms with Gasteiger partial charge in [-0.3, -0.25) is 0 Å². The average molecular weight is 308 g/mol. The number of aryl methyl sites for hydroxylation is 1. The van der Waals surface area contributed by atoms with Gasteiger partial charge in [-0.05, 0) is 39.3 Å². The molecular formula is C17H29N3S. The van der Waals surface area contributed by atoms with Gasteiger partial charge >= 0.3 is 0 Å². The van der Waals surface area contributed by atoms with E-state index in [1.807, 2.05) is 0 Å². The van der Waals surface area contributed by atoms with Crippen molar-refractivity contribution in [1.29, 1.82) is 0 Å². The van der Waals surface area contributed by atoms with E-state index in [0.717, 1.165) is 31.1 Å². The summed E-state index contributed by atoms with van der Waals surface area (Å²) in [4.78, 5) is 7.27. The van der Waals surface area contributed by atoms with Crippen LogP contribution in [-0.2, 0) is 6.54 Å². The minimum absolute atomic E-state index is 0.139. The summed E-state index contributed by atoms with van der Waals surface area (Å²) in [6.07, 6.45) is 0. The van der Waals surface area contributed by atoms with Crippen LogP contribution in [0.4, 0.5) is 5.82 Å². The van der Waals surface area contributed by atoms with Crippen LogP contribution in [0.1, 0.15) is 45.9 Å². The molecule has 1 N–H and O–H groups in total. The van der Waals surface area contributed by atoms with Gasteiger partial charge in [0.25, 0.3) is 0 Å². The maximum Gasteiger partial charge on any atom is 0.128 e. The van der Waals surface area contributed by atoms with E-state index >= 15 is 0 Å². The number of hydrogen-bond donors (Lipinski definition) is 1. The van der Waals surface area contributed by atoms with Gasteiger partial charge in [-0.25, -0.2) is 4.98 Å². The molecule has 3 nitrogen and oxygen atoms in total. The Morgan fingerprint density at radius 2 is 1.86 bits per heavy atom. The van der Waals surface area contributed by atoms with Crippen LogP contribution in [0.25, 0.3) is 0 Å². The number of pyridine rings is 1. The van der Waals surface area contributed by atoms with Gasteiger partial charge in [0.2, 0.25) is 0 Å². The van der Waals surface area contributed by atoms with Crippen LogP contribution in [0.2, 0.25) is 0 Å². The maximum absolute atomic E-state index is 4.84. The van der Waals surface area contributed by atoms with E-state index in [0.29, 0.717) is 10.5 Å². The summed E-state index contributed by atoms with van der Waals surface area (Å²) in [6.45, 7) is 16.4. The Bertz CT molecular complexity index is 471. The zero-order chi connectivity index (χ0) is 15.6. The smallest absolute Gasteiger partial charge is 0.128 e. The van der Waals surface area contributed by atoms with Gasteiger partial charge in [0.15, 0.2) is 0 Å². The van der Waals surface area contributed by atoms with Crippen molar-refractivity contribution in [3.8, 4) is 0 Å². The Hall–Kier alpha value is -0.740. The van der Waals surface area contributed by atoms with Gasteiger partial charge in [0.05, 0.1) is 0 Å². The molecule has 2 heterocycles. The summed E-state index contributed by atoms with van der Waals surface area (Å²) < 4.78 is 0. The van der Waals surface area contributed by atoms with E-state index in [2.05, 4.69) is 75.7 Å². The predicted octanol–water partition coefficient (Wildman–Crippen LogP) is 3.61. The summed E-state index contributed by atoms with van der Waals surface area (Å²) in [5, 5.41) is 4.89. The number of hydrogen-bond acceptors (Lipinski definition) is 4. The van der Waals surface area contributed by atoms with Crippen molar-refractivity contribution in [2.45, 2.75) is 64.1 Å². The van der Waals surface area contributed by atoms with E-state index in [4.69, 9.17) is 4.98 Å². The lowest BCUT2D eigenvalue weighted by molar-refractivity contribution is 0.423. The van der Waals surface area contributed by atoms with E-state index in [9.17, 15) is 0 Å². The van der Waals surface area contributed by atoms with Crippen molar-refractivity contribution >= 4 is 17.6 Å². The molecule has 21 heavy (non-hydrogen) atoms. The highest BCUT2D eigenvalue weighted by Gasteiger charge is 2.23. The average Bonchev–Trinajstić information content (AvgIpc) is 2.35. The van der Waals surface area contributed by atoms with Crippen LogP contribution in [0.3, 0.4) is 0 Å². The van der Waals surface area contributed by atoms with E-state index in [1.54, 1.807) is 0 Å². The van der Waals surface area contributed by atoms with Crippen LogP contribution in [-0.4, -0.2) is 34.1 Å². The third kappa shape index (κ3) is 4.89. The van der Waals surface area contributed by atoms with Crippen LogP contribution in [0, 0.1) is 6.92 Å². The van der Waals surface area contributed by atoms with Crippen LogP contribution in [0.15, 0.2) is 12.1 Å². The van der Waals surface area contributed by atoms with Crippen molar-refractivity contribution in [3.05, 3.63) is 23.4 Å². The molecule has 118 valence electrons. The number of anilines is 1. The summed E-state index contributed by atoms with van der Waals surface area (Å²) in [5.41, 5.74) is 2.57. The van der Waals surface area contributed by atoms with Gasteiger partial charge in [-0.15, -0.1) is 0 Å². The normalized spacial score (nSPS) is 23.4. The van der Waals surface area contributed by atoms with Crippen molar-refractivity contribution in [2.24, 2.45) is 0 Å². The minimum Gasteiger partial charge on any atom is -0.354 e. The summed E-state index contributed by atoms with van der Waals surface area (Å²) in [6, 6.07) is 4.41. The number of aromatic nitrogens is 1. The first-order valence-electron chi connectivity index (χ1n) is 7.86. The van der Waals surface area contributed by atoms with E-state index < -0.39 is 0 Å². The molecule has 0 aromatic carbocycles. The molecule has 2 rings (SSSR count). The SMILES string of the molecule is Cc1nc(N2CC(C)SC(C)C2)ccc1CNC(C)(C)C. The van der Waals surface area contributed by atoms with Crippen molar-refractivity contribution in [3.63, 3.8) is 0 Å². The second-order valence-electron chi connectivity index (χ2n) is 7.18. The zero-order valence-corrected chi connectivity index (χ0v) is 15.0. The summed E-state index contributed by atoms with van der Waals surface area (Å²) in [7, 11) is 0. The Morgan fingerprint density at radius 3 is 2.38 bits per heavy atom. The molecule has 1 aliphatic heterocycles. The predicted molar refractivity (Wildman–Crippen MR) is 94.3 cm³/mol. The summed E-state index contributed by atoms with van der Waals surface area (Å²) >= 11 is 2.08. The van der Waals surface area contributed by atoms with Gasteiger partial charge in [0, 0.05) is 41.4 Å². The van der Waals surface area contributed by atoms with Crippen molar-refractivity contribution < 1.29 is 0 Å². The number of thioether (sulfide) groups is 1. The van der Waals surface area contributed by atoms with Gasteiger partial charge in [-0.2, -0.15) is 11.8 Å². The first-order chi connectivity index (χ1) is 9.74. The molecule has 1 fully saturated rings. The quantitative estimate of drug-likeness (QED) is 0.923. The Morgan fingerprint density at radius 1 is 1.24 bits per heavy atom. The highest BCUT2D eigenvalue weighted by molar-refractivity contribution is 8.00. The highest BCUT2D eigenvalue weighted by Crippen LogP contribution is 2.28. The lowest BCUT2D eigenvalue weighted by Crippen LogP contribution is -2.41. The minimum atomic E-state index is 0.139. The van der Waals surface area contributed by atoms with Gasteiger partial charge in [0.1, 0.15) is 5.82 Å². The Labute approximate surface area is 133 Å². The number of nitrogens with zero attached hydrogens (tertiary/aromatic N) is 2. The second kappa shape index (κ2) is 6.57. The third-order valence-corrected chi connectivity index (χ3v) is 4.96. The van der Waals surface area contributed by atoms with E-state index in [1.165, 1.54) is 5.56 Å². The number of nitrogens with one attached hydrogen (secondary N) is 1. The Kier molecular flexibility index (Phi) is 5.20. The van der Waals surface area contributed by atoms with Crippen molar-refractivity contribution in [1.82, 2.24) is 10.3 Å². The highest BCUT2D eigenvalue weighted by atomic mass is 32.2. The molecule has 4 heteroatoms. The van der Waals surface area contributed by atoms with Crippen LogP contribution in [0.5, 0.6) is 0 Å². The fourth-order valence-electron chi connectivity index (χ4n) is 2.66. The lowest BCUT2D eigenvalue weighted by atomic mass is 10.1. The fourth-order valence-corrected chi connectivity index (χ4v) is 3.99. The molecule has 0 spiro atoms. The molecule has 0 amide bonds.